The lowest BCUT2D eigenvalue weighted by molar-refractivity contribution is -0.143. The number of ether oxygens (including phenoxy) is 1. The third kappa shape index (κ3) is 1.42. The van der Waals surface area contributed by atoms with Crippen molar-refractivity contribution in [2.75, 3.05) is 7.11 Å². The van der Waals surface area contributed by atoms with Gasteiger partial charge < -0.3 is 4.74 Å². The van der Waals surface area contributed by atoms with Gasteiger partial charge in [-0.15, -0.1) is 0 Å². The average Bonchev–Trinajstić information content (AvgIpc) is 3.18. The summed E-state index contributed by atoms with van der Waals surface area (Å²) in [4.78, 5) is 16.2. The summed E-state index contributed by atoms with van der Waals surface area (Å²) >= 11 is 0. The predicted molar refractivity (Wildman–Crippen MR) is 64.7 cm³/mol. The van der Waals surface area contributed by atoms with Gasteiger partial charge >= 0.3 is 5.97 Å². The predicted octanol–water partition coefficient (Wildman–Crippen LogP) is 2.44. The van der Waals surface area contributed by atoms with Gasteiger partial charge in [-0.2, -0.15) is 0 Å². The summed E-state index contributed by atoms with van der Waals surface area (Å²) in [5, 5.41) is 1.05. The molecule has 3 heteroatoms. The number of methoxy groups -OCH3 is 1. The molecule has 1 heterocycles. The van der Waals surface area contributed by atoms with Gasteiger partial charge in [-0.25, -0.2) is 0 Å². The second-order valence-electron chi connectivity index (χ2n) is 4.45. The maximum absolute atomic E-state index is 11.9. The van der Waals surface area contributed by atoms with E-state index < -0.39 is 5.41 Å². The highest BCUT2D eigenvalue weighted by Crippen LogP contribution is 2.50. The Morgan fingerprint density at radius 3 is 2.82 bits per heavy atom. The molecular weight excluding hydrogens is 214 g/mol. The minimum atomic E-state index is -0.419. The number of benzene rings is 1. The van der Waals surface area contributed by atoms with Crippen molar-refractivity contribution >= 4 is 16.9 Å². The fourth-order valence-corrected chi connectivity index (χ4v) is 2.42. The zero-order chi connectivity index (χ0) is 11.9. The fraction of sp³-hybridized carbons (Fsp3) is 0.286. The van der Waals surface area contributed by atoms with Crippen LogP contribution >= 0.6 is 0 Å². The molecule has 0 radical (unpaired) electrons. The van der Waals surface area contributed by atoms with E-state index in [0.717, 1.165) is 29.3 Å². The van der Waals surface area contributed by atoms with Gasteiger partial charge in [0, 0.05) is 11.6 Å². The van der Waals surface area contributed by atoms with E-state index in [0.29, 0.717) is 0 Å². The highest BCUT2D eigenvalue weighted by Gasteiger charge is 2.53. The number of rotatable bonds is 2. The summed E-state index contributed by atoms with van der Waals surface area (Å²) in [5.41, 5.74) is 1.56. The van der Waals surface area contributed by atoms with E-state index >= 15 is 0 Å². The van der Waals surface area contributed by atoms with Crippen LogP contribution in [0.5, 0.6) is 0 Å². The highest BCUT2D eigenvalue weighted by molar-refractivity contribution is 5.94. The zero-order valence-electron chi connectivity index (χ0n) is 9.64. The van der Waals surface area contributed by atoms with Gasteiger partial charge in [0.1, 0.15) is 0 Å². The molecule has 1 fully saturated rings. The van der Waals surface area contributed by atoms with Crippen molar-refractivity contribution in [2.45, 2.75) is 18.3 Å². The number of pyridine rings is 1. The number of aromatic nitrogens is 1. The molecule has 0 saturated heterocycles. The number of hydrogen-bond acceptors (Lipinski definition) is 3. The van der Waals surface area contributed by atoms with Gasteiger partial charge in [0.05, 0.1) is 18.0 Å². The molecule has 2 aromatic rings. The third-order valence-corrected chi connectivity index (χ3v) is 3.49. The van der Waals surface area contributed by atoms with Gasteiger partial charge in [-0.1, -0.05) is 18.2 Å². The lowest BCUT2D eigenvalue weighted by Crippen LogP contribution is -2.22. The summed E-state index contributed by atoms with van der Waals surface area (Å²) < 4.78 is 4.92. The SMILES string of the molecule is COC(=O)C1(c2cccc3ncccc23)CC1. The summed E-state index contributed by atoms with van der Waals surface area (Å²) in [7, 11) is 1.45. The Bertz CT molecular complexity index is 582. The number of hydrogen-bond donors (Lipinski definition) is 0. The van der Waals surface area contributed by atoms with E-state index in [9.17, 15) is 4.79 Å². The summed E-state index contributed by atoms with van der Waals surface area (Å²) in [6, 6.07) is 9.84. The fourth-order valence-electron chi connectivity index (χ4n) is 2.42. The molecule has 1 aliphatic carbocycles. The first-order valence-electron chi connectivity index (χ1n) is 5.70. The van der Waals surface area contributed by atoms with E-state index in [1.54, 1.807) is 6.20 Å². The van der Waals surface area contributed by atoms with Gasteiger partial charge in [0.15, 0.2) is 0 Å². The first-order valence-corrected chi connectivity index (χ1v) is 5.70. The van der Waals surface area contributed by atoms with Crippen LogP contribution < -0.4 is 0 Å². The molecule has 1 saturated carbocycles. The van der Waals surface area contributed by atoms with E-state index in [-0.39, 0.29) is 5.97 Å². The molecule has 3 nitrogen and oxygen atoms in total. The lowest BCUT2D eigenvalue weighted by Gasteiger charge is -2.15. The molecule has 1 aromatic carbocycles. The Balaban J connectivity index is 2.21. The summed E-state index contributed by atoms with van der Waals surface area (Å²) in [5.74, 6) is -0.131. The first kappa shape index (κ1) is 10.3. The van der Waals surface area contributed by atoms with Gasteiger partial charge in [-0.3, -0.25) is 9.78 Å². The maximum atomic E-state index is 11.9. The number of carbonyl (C=O) groups excluding carboxylic acids is 1. The van der Waals surface area contributed by atoms with Crippen molar-refractivity contribution in [2.24, 2.45) is 0 Å². The standard InChI is InChI=1S/C14H13NO2/c1-17-13(16)14(7-8-14)11-5-2-6-12-10(11)4-3-9-15-12/h2-6,9H,7-8H2,1H3. The minimum absolute atomic E-state index is 0.131. The van der Waals surface area contributed by atoms with E-state index in [4.69, 9.17) is 4.74 Å². The molecule has 86 valence electrons. The molecule has 17 heavy (non-hydrogen) atoms. The number of esters is 1. The van der Waals surface area contributed by atoms with Crippen LogP contribution in [0.4, 0.5) is 0 Å². The van der Waals surface area contributed by atoms with Gasteiger partial charge in [0.25, 0.3) is 0 Å². The van der Waals surface area contributed by atoms with E-state index in [1.165, 1.54) is 7.11 Å². The van der Waals surface area contributed by atoms with Crippen molar-refractivity contribution < 1.29 is 9.53 Å². The average molecular weight is 227 g/mol. The van der Waals surface area contributed by atoms with E-state index in [2.05, 4.69) is 4.98 Å². The van der Waals surface area contributed by atoms with Crippen LogP contribution in [0.2, 0.25) is 0 Å². The summed E-state index contributed by atoms with van der Waals surface area (Å²) in [6.45, 7) is 0. The Hall–Kier alpha value is -1.90. The molecule has 1 aliphatic rings. The van der Waals surface area contributed by atoms with Crippen LogP contribution in [-0.2, 0) is 14.9 Å². The Labute approximate surface area is 99.4 Å². The molecule has 0 aliphatic heterocycles. The molecule has 0 spiro atoms. The molecule has 1 aromatic heterocycles. The van der Waals surface area contributed by atoms with Crippen molar-refractivity contribution in [3.63, 3.8) is 0 Å². The van der Waals surface area contributed by atoms with Gasteiger partial charge in [-0.05, 0) is 30.5 Å². The molecule has 0 unspecified atom stereocenters. The number of nitrogens with zero attached hydrogens (tertiary/aromatic N) is 1. The van der Waals surface area contributed by atoms with Crippen LogP contribution in [-0.4, -0.2) is 18.1 Å². The monoisotopic (exact) mass is 227 g/mol. The van der Waals surface area contributed by atoms with Crippen molar-refractivity contribution in [3.05, 3.63) is 42.1 Å². The highest BCUT2D eigenvalue weighted by atomic mass is 16.5. The first-order chi connectivity index (χ1) is 8.28. The summed E-state index contributed by atoms with van der Waals surface area (Å²) in [6.07, 6.45) is 3.51. The van der Waals surface area contributed by atoms with Crippen molar-refractivity contribution in [1.29, 1.82) is 0 Å². The minimum Gasteiger partial charge on any atom is -0.468 e. The Morgan fingerprint density at radius 2 is 2.12 bits per heavy atom. The third-order valence-electron chi connectivity index (χ3n) is 3.49. The van der Waals surface area contributed by atoms with Crippen molar-refractivity contribution in [1.82, 2.24) is 4.98 Å². The second kappa shape index (κ2) is 3.55. The smallest absolute Gasteiger partial charge is 0.316 e. The molecular formula is C14H13NO2. The lowest BCUT2D eigenvalue weighted by atomic mass is 9.92. The number of carbonyl (C=O) groups is 1. The molecule has 0 atom stereocenters. The van der Waals surface area contributed by atoms with Crippen molar-refractivity contribution in [3.8, 4) is 0 Å². The van der Waals surface area contributed by atoms with Crippen LogP contribution in [0.1, 0.15) is 18.4 Å². The largest absolute Gasteiger partial charge is 0.468 e. The maximum Gasteiger partial charge on any atom is 0.316 e. The second-order valence-corrected chi connectivity index (χ2v) is 4.45. The normalized spacial score (nSPS) is 16.8. The quantitative estimate of drug-likeness (QED) is 0.740. The van der Waals surface area contributed by atoms with Crippen LogP contribution in [0, 0.1) is 0 Å². The van der Waals surface area contributed by atoms with Gasteiger partial charge in [0.2, 0.25) is 0 Å². The zero-order valence-corrected chi connectivity index (χ0v) is 9.64. The molecule has 3 rings (SSSR count). The molecule has 0 amide bonds. The van der Waals surface area contributed by atoms with Crippen LogP contribution in [0.15, 0.2) is 36.5 Å². The molecule has 0 bridgehead atoms. The Morgan fingerprint density at radius 1 is 1.29 bits per heavy atom. The number of fused-ring (bicyclic) bond motifs is 1. The van der Waals surface area contributed by atoms with Crippen LogP contribution in [0.3, 0.4) is 0 Å². The van der Waals surface area contributed by atoms with Crippen LogP contribution in [0.25, 0.3) is 10.9 Å². The Kier molecular flexibility index (Phi) is 2.15. The topological polar surface area (TPSA) is 39.2 Å². The van der Waals surface area contributed by atoms with E-state index in [1.807, 2.05) is 30.3 Å². The molecule has 0 N–H and O–H groups in total.